The van der Waals surface area contributed by atoms with Crippen LogP contribution in [0.2, 0.25) is 0 Å². The second-order valence-corrected chi connectivity index (χ2v) is 5.05. The van der Waals surface area contributed by atoms with Crippen molar-refractivity contribution in [3.05, 3.63) is 35.1 Å². The molecule has 0 aromatic heterocycles. The molecule has 1 aliphatic carbocycles. The molecule has 0 spiro atoms. The predicted molar refractivity (Wildman–Crippen MR) is 68.3 cm³/mol. The summed E-state index contributed by atoms with van der Waals surface area (Å²) in [7, 11) is 1.58. The van der Waals surface area contributed by atoms with Crippen LogP contribution in [0.1, 0.15) is 48.0 Å². The van der Waals surface area contributed by atoms with Gasteiger partial charge in [-0.05, 0) is 37.5 Å². The van der Waals surface area contributed by atoms with E-state index in [0.717, 1.165) is 37.7 Å². The van der Waals surface area contributed by atoms with E-state index < -0.39 is 5.60 Å². The normalized spacial score (nSPS) is 18.6. The predicted octanol–water partition coefficient (Wildman–Crippen LogP) is 3.67. The minimum Gasteiger partial charge on any atom is -0.370 e. The molecule has 0 heterocycles. The van der Waals surface area contributed by atoms with Gasteiger partial charge >= 0.3 is 0 Å². The molecule has 1 aromatic carbocycles. The summed E-state index contributed by atoms with van der Waals surface area (Å²) in [5.74, 6) is -0.437. The lowest BCUT2D eigenvalue weighted by atomic mass is 9.78. The summed E-state index contributed by atoms with van der Waals surface area (Å²) in [6.07, 6.45) is 4.60. The maximum absolute atomic E-state index is 13.3. The molecular weight excluding hydrogens is 231 g/mol. The Kier molecular flexibility index (Phi) is 3.81. The van der Waals surface area contributed by atoms with Crippen LogP contribution < -0.4 is 0 Å². The third-order valence-corrected chi connectivity index (χ3v) is 3.91. The first kappa shape index (κ1) is 13.2. The number of aryl methyl sites for hydroxylation is 1. The molecule has 0 aliphatic heterocycles. The highest BCUT2D eigenvalue weighted by atomic mass is 19.1. The molecule has 0 amide bonds. The summed E-state index contributed by atoms with van der Waals surface area (Å²) in [6, 6.07) is 4.36. The van der Waals surface area contributed by atoms with Gasteiger partial charge < -0.3 is 4.74 Å². The van der Waals surface area contributed by atoms with E-state index in [1.54, 1.807) is 13.2 Å². The topological polar surface area (TPSA) is 26.3 Å². The molecule has 18 heavy (non-hydrogen) atoms. The lowest BCUT2D eigenvalue weighted by Gasteiger charge is -2.34. The number of hydrogen-bond acceptors (Lipinski definition) is 2. The van der Waals surface area contributed by atoms with Crippen molar-refractivity contribution in [2.24, 2.45) is 0 Å². The van der Waals surface area contributed by atoms with E-state index in [2.05, 4.69) is 0 Å². The Bertz CT molecular complexity index is 448. The Morgan fingerprint density at radius 2 is 1.94 bits per heavy atom. The number of Topliss-reactive ketones (excluding diaryl/α,β-unsaturated/α-hetero) is 1. The molecule has 3 heteroatoms. The molecule has 0 unspecified atom stereocenters. The van der Waals surface area contributed by atoms with Crippen LogP contribution in [-0.4, -0.2) is 18.5 Å². The van der Waals surface area contributed by atoms with Crippen molar-refractivity contribution in [1.29, 1.82) is 0 Å². The smallest absolute Gasteiger partial charge is 0.194 e. The maximum atomic E-state index is 13.3. The van der Waals surface area contributed by atoms with Gasteiger partial charge in [0, 0.05) is 12.7 Å². The van der Waals surface area contributed by atoms with Crippen LogP contribution in [0.5, 0.6) is 0 Å². The van der Waals surface area contributed by atoms with Gasteiger partial charge in [-0.2, -0.15) is 0 Å². The molecule has 0 saturated heterocycles. The van der Waals surface area contributed by atoms with Gasteiger partial charge in [-0.15, -0.1) is 0 Å². The highest BCUT2D eigenvalue weighted by Gasteiger charge is 2.40. The molecular formula is C15H19FO2. The fourth-order valence-corrected chi connectivity index (χ4v) is 2.73. The van der Waals surface area contributed by atoms with Gasteiger partial charge in [-0.3, -0.25) is 4.79 Å². The Labute approximate surface area is 107 Å². The van der Waals surface area contributed by atoms with Crippen LogP contribution in [-0.2, 0) is 4.74 Å². The van der Waals surface area contributed by atoms with Gasteiger partial charge in [0.05, 0.1) is 0 Å². The number of rotatable bonds is 3. The van der Waals surface area contributed by atoms with Crippen molar-refractivity contribution in [3.8, 4) is 0 Å². The first-order chi connectivity index (χ1) is 8.59. The highest BCUT2D eigenvalue weighted by Crippen LogP contribution is 2.34. The molecule has 1 aliphatic rings. The zero-order chi connectivity index (χ0) is 13.2. The van der Waals surface area contributed by atoms with Crippen molar-refractivity contribution in [3.63, 3.8) is 0 Å². The van der Waals surface area contributed by atoms with E-state index in [1.807, 2.05) is 6.92 Å². The van der Waals surface area contributed by atoms with Crippen LogP contribution >= 0.6 is 0 Å². The van der Waals surface area contributed by atoms with Crippen molar-refractivity contribution in [1.82, 2.24) is 0 Å². The summed E-state index contributed by atoms with van der Waals surface area (Å²) in [5.41, 5.74) is 0.527. The van der Waals surface area contributed by atoms with Gasteiger partial charge in [0.15, 0.2) is 5.78 Å². The minimum atomic E-state index is -0.739. The first-order valence-electron chi connectivity index (χ1n) is 6.45. The summed E-state index contributed by atoms with van der Waals surface area (Å²) in [4.78, 5) is 12.6. The lowest BCUT2D eigenvalue weighted by molar-refractivity contribution is -0.0194. The molecule has 98 valence electrons. The molecule has 0 N–H and O–H groups in total. The maximum Gasteiger partial charge on any atom is 0.194 e. The zero-order valence-electron chi connectivity index (χ0n) is 11.0. The van der Waals surface area contributed by atoms with Gasteiger partial charge in [0.1, 0.15) is 11.4 Å². The van der Waals surface area contributed by atoms with Crippen LogP contribution in [0.15, 0.2) is 18.2 Å². The van der Waals surface area contributed by atoms with Crippen LogP contribution in [0.25, 0.3) is 0 Å². The summed E-state index contributed by atoms with van der Waals surface area (Å²) < 4.78 is 18.8. The fraction of sp³-hybridized carbons (Fsp3) is 0.533. The van der Waals surface area contributed by atoms with E-state index in [9.17, 15) is 9.18 Å². The fourth-order valence-electron chi connectivity index (χ4n) is 2.73. The Hall–Kier alpha value is -1.22. The molecule has 0 radical (unpaired) electrons. The van der Waals surface area contributed by atoms with Crippen LogP contribution in [0.4, 0.5) is 4.39 Å². The number of ketones is 1. The van der Waals surface area contributed by atoms with E-state index in [-0.39, 0.29) is 11.6 Å². The molecule has 1 aromatic rings. The standard InChI is InChI=1S/C15H19FO2/c1-11-6-7-12(16)10-13(11)14(17)15(18-2)8-4-3-5-9-15/h6-7,10H,3-5,8-9H2,1-2H3. The third-order valence-electron chi connectivity index (χ3n) is 3.91. The molecule has 2 nitrogen and oxygen atoms in total. The summed E-state index contributed by atoms with van der Waals surface area (Å²) in [5, 5.41) is 0. The summed E-state index contributed by atoms with van der Waals surface area (Å²) >= 11 is 0. The van der Waals surface area contributed by atoms with Crippen LogP contribution in [0.3, 0.4) is 0 Å². The average molecular weight is 250 g/mol. The number of hydrogen-bond donors (Lipinski definition) is 0. The Balaban J connectivity index is 2.36. The number of benzene rings is 1. The van der Waals surface area contributed by atoms with Crippen molar-refractivity contribution in [2.75, 3.05) is 7.11 Å². The SMILES string of the molecule is COC1(C(=O)c2cc(F)ccc2C)CCCCC1. The highest BCUT2D eigenvalue weighted by molar-refractivity contribution is 6.03. The Morgan fingerprint density at radius 1 is 1.28 bits per heavy atom. The minimum absolute atomic E-state index is 0.0679. The van der Waals surface area contributed by atoms with Gasteiger partial charge in [-0.25, -0.2) is 4.39 Å². The summed E-state index contributed by atoms with van der Waals surface area (Å²) in [6.45, 7) is 1.83. The van der Waals surface area contributed by atoms with E-state index >= 15 is 0 Å². The quantitative estimate of drug-likeness (QED) is 0.765. The van der Waals surface area contributed by atoms with Crippen molar-refractivity contribution < 1.29 is 13.9 Å². The number of ether oxygens (including phenoxy) is 1. The van der Waals surface area contributed by atoms with E-state index in [0.29, 0.717) is 5.56 Å². The molecule has 2 rings (SSSR count). The molecule has 0 bridgehead atoms. The monoisotopic (exact) mass is 250 g/mol. The first-order valence-corrected chi connectivity index (χ1v) is 6.45. The zero-order valence-corrected chi connectivity index (χ0v) is 11.0. The lowest BCUT2D eigenvalue weighted by Crippen LogP contribution is -2.42. The number of methoxy groups -OCH3 is 1. The van der Waals surface area contributed by atoms with Gasteiger partial charge in [-0.1, -0.05) is 25.3 Å². The van der Waals surface area contributed by atoms with Crippen molar-refractivity contribution in [2.45, 2.75) is 44.6 Å². The third kappa shape index (κ3) is 2.32. The van der Waals surface area contributed by atoms with Gasteiger partial charge in [0.25, 0.3) is 0 Å². The number of carbonyl (C=O) groups excluding carboxylic acids is 1. The molecule has 1 fully saturated rings. The van der Waals surface area contributed by atoms with Crippen LogP contribution in [0, 0.1) is 12.7 Å². The van der Waals surface area contributed by atoms with Gasteiger partial charge in [0.2, 0.25) is 0 Å². The number of carbonyl (C=O) groups is 1. The largest absolute Gasteiger partial charge is 0.370 e. The van der Waals surface area contributed by atoms with Crippen molar-refractivity contribution >= 4 is 5.78 Å². The second kappa shape index (κ2) is 5.19. The molecule has 0 atom stereocenters. The van der Waals surface area contributed by atoms with E-state index in [4.69, 9.17) is 4.74 Å². The van der Waals surface area contributed by atoms with E-state index in [1.165, 1.54) is 12.1 Å². The average Bonchev–Trinajstić information content (AvgIpc) is 2.41. The Morgan fingerprint density at radius 3 is 2.56 bits per heavy atom. The second-order valence-electron chi connectivity index (χ2n) is 5.05. The number of halogens is 1. The molecule has 1 saturated carbocycles.